The molecule has 0 bridgehead atoms. The van der Waals surface area contributed by atoms with E-state index in [0.29, 0.717) is 6.42 Å². The number of carbonyl (C=O) groups is 1. The number of aliphatic hydroxyl groups is 5. The largest absolute Gasteiger partial charge is 0.394 e. The number of ether oxygens (including phenoxy) is 2. The maximum absolute atomic E-state index is 13.0. The van der Waals surface area contributed by atoms with Crippen molar-refractivity contribution in [3.63, 3.8) is 0 Å². The molecule has 1 heterocycles. The molecule has 382 valence electrons. The number of nitrogens with one attached hydrogen (secondary N) is 1. The molecule has 0 saturated carbocycles. The number of hydrogen-bond acceptors (Lipinski definition) is 8. The molecule has 9 heteroatoms. The summed E-state index contributed by atoms with van der Waals surface area (Å²) >= 11 is 0. The third-order valence-electron chi connectivity index (χ3n) is 13.2. The van der Waals surface area contributed by atoms with Crippen LogP contribution in [0.25, 0.3) is 0 Å². The Morgan fingerprint density at radius 1 is 0.508 bits per heavy atom. The summed E-state index contributed by atoms with van der Waals surface area (Å²) in [6, 6.07) is -0.822. The normalized spacial score (nSPS) is 20.1. The van der Waals surface area contributed by atoms with Crippen LogP contribution in [-0.4, -0.2) is 87.5 Å². The average Bonchev–Trinajstić information content (AvgIpc) is 3.31. The molecule has 7 atom stereocenters. The van der Waals surface area contributed by atoms with E-state index in [0.717, 1.165) is 38.5 Å². The summed E-state index contributed by atoms with van der Waals surface area (Å²) in [5, 5.41) is 54.4. The fraction of sp³-hybridized carbons (Fsp3) is 0.875. The highest BCUT2D eigenvalue weighted by Gasteiger charge is 2.44. The predicted molar refractivity (Wildman–Crippen MR) is 272 cm³/mol. The van der Waals surface area contributed by atoms with Crippen LogP contribution in [0.5, 0.6) is 0 Å². The highest BCUT2D eigenvalue weighted by Crippen LogP contribution is 2.23. The molecule has 1 fully saturated rings. The van der Waals surface area contributed by atoms with Gasteiger partial charge in [-0.05, 0) is 57.8 Å². The molecule has 6 N–H and O–H groups in total. The van der Waals surface area contributed by atoms with Crippen LogP contribution in [0.3, 0.4) is 0 Å². The van der Waals surface area contributed by atoms with Gasteiger partial charge < -0.3 is 40.3 Å². The summed E-state index contributed by atoms with van der Waals surface area (Å²) in [7, 11) is 0. The topological polar surface area (TPSA) is 149 Å². The van der Waals surface area contributed by atoms with Crippen molar-refractivity contribution in [3.8, 4) is 0 Å². The molecule has 1 rings (SSSR count). The molecule has 0 aliphatic carbocycles. The van der Waals surface area contributed by atoms with Crippen LogP contribution < -0.4 is 5.32 Å². The zero-order valence-corrected chi connectivity index (χ0v) is 42.3. The number of rotatable bonds is 47. The maximum Gasteiger partial charge on any atom is 0.220 e. The minimum absolute atomic E-state index is 0.187. The minimum Gasteiger partial charge on any atom is -0.394 e. The van der Waals surface area contributed by atoms with E-state index in [9.17, 15) is 30.3 Å². The lowest BCUT2D eigenvalue weighted by Crippen LogP contribution is -2.60. The first-order chi connectivity index (χ1) is 31.8. The SMILES string of the molecule is CCCCCCCCCC/C=C\CCCCCCCCCCCC(=O)NC(COC1OC(CO)C(O)C(O)C1O)C(O)/C=C/CC/C=C/CCCCCCCCCCCCCCCCC. The summed E-state index contributed by atoms with van der Waals surface area (Å²) in [6.07, 6.45) is 52.0. The predicted octanol–water partition coefficient (Wildman–Crippen LogP) is 13.2. The van der Waals surface area contributed by atoms with Crippen LogP contribution in [-0.2, 0) is 14.3 Å². The second-order valence-electron chi connectivity index (χ2n) is 19.4. The number of hydrogen-bond donors (Lipinski definition) is 6. The number of amides is 1. The Kier molecular flexibility index (Phi) is 43.6. The van der Waals surface area contributed by atoms with Crippen molar-refractivity contribution in [1.82, 2.24) is 5.32 Å². The summed E-state index contributed by atoms with van der Waals surface area (Å²) < 4.78 is 11.2. The van der Waals surface area contributed by atoms with Gasteiger partial charge in [0, 0.05) is 6.42 Å². The third-order valence-corrected chi connectivity index (χ3v) is 13.2. The van der Waals surface area contributed by atoms with E-state index in [1.165, 1.54) is 199 Å². The summed E-state index contributed by atoms with van der Waals surface area (Å²) in [5.74, 6) is -0.187. The van der Waals surface area contributed by atoms with E-state index < -0.39 is 49.5 Å². The monoisotopic (exact) mass is 920 g/mol. The first kappa shape index (κ1) is 61.4. The van der Waals surface area contributed by atoms with Crippen molar-refractivity contribution < 1.29 is 39.8 Å². The molecule has 1 saturated heterocycles. The van der Waals surface area contributed by atoms with Gasteiger partial charge in [-0.2, -0.15) is 0 Å². The van der Waals surface area contributed by atoms with Crippen LogP contribution in [0.4, 0.5) is 0 Å². The highest BCUT2D eigenvalue weighted by atomic mass is 16.7. The van der Waals surface area contributed by atoms with Gasteiger partial charge in [0.2, 0.25) is 5.91 Å². The van der Waals surface area contributed by atoms with Crippen molar-refractivity contribution in [1.29, 1.82) is 0 Å². The second-order valence-corrected chi connectivity index (χ2v) is 19.4. The van der Waals surface area contributed by atoms with Crippen molar-refractivity contribution in [2.24, 2.45) is 0 Å². The Morgan fingerprint density at radius 3 is 1.29 bits per heavy atom. The molecular formula is C56H105NO8. The van der Waals surface area contributed by atoms with Gasteiger partial charge in [0.15, 0.2) is 6.29 Å². The quantitative estimate of drug-likeness (QED) is 0.0261. The van der Waals surface area contributed by atoms with Gasteiger partial charge in [-0.15, -0.1) is 0 Å². The third kappa shape index (κ3) is 36.1. The van der Waals surface area contributed by atoms with Crippen molar-refractivity contribution >= 4 is 5.91 Å². The lowest BCUT2D eigenvalue weighted by molar-refractivity contribution is -0.302. The number of allylic oxidation sites excluding steroid dienone is 5. The zero-order valence-electron chi connectivity index (χ0n) is 42.3. The fourth-order valence-corrected chi connectivity index (χ4v) is 8.76. The number of unbranched alkanes of at least 4 members (excludes halogenated alkanes) is 33. The van der Waals surface area contributed by atoms with Crippen LogP contribution in [0.15, 0.2) is 36.5 Å². The summed E-state index contributed by atoms with van der Waals surface area (Å²) in [4.78, 5) is 13.0. The van der Waals surface area contributed by atoms with Gasteiger partial charge in [0.25, 0.3) is 0 Å². The summed E-state index contributed by atoms with van der Waals surface area (Å²) in [6.45, 7) is 3.78. The van der Waals surface area contributed by atoms with E-state index in [1.54, 1.807) is 6.08 Å². The molecule has 7 unspecified atom stereocenters. The van der Waals surface area contributed by atoms with Crippen LogP contribution in [0, 0.1) is 0 Å². The van der Waals surface area contributed by atoms with Crippen molar-refractivity contribution in [2.45, 2.75) is 301 Å². The molecule has 1 aliphatic heterocycles. The maximum atomic E-state index is 13.0. The summed E-state index contributed by atoms with van der Waals surface area (Å²) in [5.41, 5.74) is 0. The number of aliphatic hydroxyl groups excluding tert-OH is 5. The standard InChI is InChI=1S/C56H105NO8/c1-3-5-7-9-11-13-15-17-19-21-23-25-27-29-31-33-35-37-39-41-43-45-50(59)49(48-64-56-55(63)54(62)53(61)51(47-58)65-56)57-52(60)46-44-42-40-38-36-34-32-30-28-26-24-22-20-18-16-14-12-10-8-6-4-2/h22,24,35,37,43,45,49-51,53-56,58-59,61-63H,3-21,23,25-34,36,38-42,44,46-48H2,1-2H3,(H,57,60)/b24-22-,37-35+,45-43+. The van der Waals surface area contributed by atoms with Gasteiger partial charge >= 0.3 is 0 Å². The Labute approximate surface area is 400 Å². The van der Waals surface area contributed by atoms with Gasteiger partial charge in [0.1, 0.15) is 24.4 Å². The molecule has 65 heavy (non-hydrogen) atoms. The molecule has 0 aromatic rings. The van der Waals surface area contributed by atoms with Gasteiger partial charge in [-0.25, -0.2) is 0 Å². The molecule has 0 aromatic heterocycles. The van der Waals surface area contributed by atoms with Gasteiger partial charge in [-0.3, -0.25) is 4.79 Å². The van der Waals surface area contributed by atoms with Crippen LogP contribution in [0.2, 0.25) is 0 Å². The molecule has 9 nitrogen and oxygen atoms in total. The minimum atomic E-state index is -1.57. The first-order valence-corrected chi connectivity index (χ1v) is 27.7. The van der Waals surface area contributed by atoms with Gasteiger partial charge in [0.05, 0.1) is 25.4 Å². The van der Waals surface area contributed by atoms with Crippen LogP contribution >= 0.6 is 0 Å². The van der Waals surface area contributed by atoms with E-state index in [4.69, 9.17) is 9.47 Å². The van der Waals surface area contributed by atoms with E-state index in [2.05, 4.69) is 43.5 Å². The fourth-order valence-electron chi connectivity index (χ4n) is 8.76. The van der Waals surface area contributed by atoms with E-state index in [1.807, 2.05) is 6.08 Å². The smallest absolute Gasteiger partial charge is 0.220 e. The van der Waals surface area contributed by atoms with E-state index in [-0.39, 0.29) is 12.5 Å². The molecular weight excluding hydrogens is 815 g/mol. The Balaban J connectivity index is 2.28. The Bertz CT molecular complexity index is 1110. The van der Waals surface area contributed by atoms with Gasteiger partial charge in [-0.1, -0.05) is 230 Å². The molecule has 0 spiro atoms. The first-order valence-electron chi connectivity index (χ1n) is 27.7. The average molecular weight is 920 g/mol. The van der Waals surface area contributed by atoms with E-state index >= 15 is 0 Å². The second kappa shape index (κ2) is 46.2. The Morgan fingerprint density at radius 2 is 0.877 bits per heavy atom. The molecule has 1 amide bonds. The molecule has 1 aliphatic rings. The van der Waals surface area contributed by atoms with Crippen LogP contribution in [0.1, 0.15) is 258 Å². The Hall–Kier alpha value is -1.59. The van der Waals surface area contributed by atoms with Crippen molar-refractivity contribution in [2.75, 3.05) is 13.2 Å². The zero-order chi connectivity index (χ0) is 47.3. The molecule has 0 aromatic carbocycles. The number of carbonyl (C=O) groups excluding carboxylic acids is 1. The highest BCUT2D eigenvalue weighted by molar-refractivity contribution is 5.76. The van der Waals surface area contributed by atoms with Crippen molar-refractivity contribution in [3.05, 3.63) is 36.5 Å². The lowest BCUT2D eigenvalue weighted by atomic mass is 9.99. The lowest BCUT2D eigenvalue weighted by Gasteiger charge is -2.40. The molecule has 0 radical (unpaired) electrons.